The predicted octanol–water partition coefficient (Wildman–Crippen LogP) is 4.91. The highest BCUT2D eigenvalue weighted by Gasteiger charge is 2.28. The number of nitrogens with one attached hydrogen (secondary N) is 1. The molecule has 0 spiro atoms. The molecule has 0 saturated carbocycles. The fourth-order valence-electron chi connectivity index (χ4n) is 3.29. The summed E-state index contributed by atoms with van der Waals surface area (Å²) in [4.78, 5) is 27.8. The summed E-state index contributed by atoms with van der Waals surface area (Å²) >= 11 is 6.00. The van der Waals surface area contributed by atoms with Gasteiger partial charge < -0.3 is 10.2 Å². The molecule has 0 bridgehead atoms. The van der Waals surface area contributed by atoms with Gasteiger partial charge in [-0.2, -0.15) is 0 Å². The van der Waals surface area contributed by atoms with Gasteiger partial charge in [-0.1, -0.05) is 68.3 Å². The number of rotatable bonds is 10. The Morgan fingerprint density at radius 2 is 1.76 bits per heavy atom. The second-order valence-electron chi connectivity index (χ2n) is 7.32. The molecule has 0 aliphatic heterocycles. The zero-order valence-corrected chi connectivity index (χ0v) is 18.3. The lowest BCUT2D eigenvalue weighted by Crippen LogP contribution is -2.49. The Morgan fingerprint density at radius 1 is 1.07 bits per heavy atom. The molecule has 2 amide bonds. The number of hydrogen-bond acceptors (Lipinski definition) is 2. The summed E-state index contributed by atoms with van der Waals surface area (Å²) in [5.41, 5.74) is 3.01. The largest absolute Gasteiger partial charge is 0.354 e. The summed E-state index contributed by atoms with van der Waals surface area (Å²) in [6.07, 6.45) is 2.78. The van der Waals surface area contributed by atoms with Crippen molar-refractivity contribution in [1.29, 1.82) is 0 Å². The number of carbonyl (C=O) groups is 2. The Kier molecular flexibility index (Phi) is 9.20. The molecule has 5 heteroatoms. The molecule has 2 aromatic carbocycles. The minimum Gasteiger partial charge on any atom is -0.354 e. The second-order valence-corrected chi connectivity index (χ2v) is 7.76. The third kappa shape index (κ3) is 6.90. The maximum absolute atomic E-state index is 13.3. The van der Waals surface area contributed by atoms with Gasteiger partial charge in [-0.25, -0.2) is 0 Å². The van der Waals surface area contributed by atoms with Crippen LogP contribution in [0.2, 0.25) is 5.02 Å². The highest BCUT2D eigenvalue weighted by atomic mass is 35.5. The van der Waals surface area contributed by atoms with Crippen LogP contribution in [-0.2, 0) is 22.6 Å². The first-order chi connectivity index (χ1) is 14.0. The monoisotopic (exact) mass is 414 g/mol. The number of amides is 2. The van der Waals surface area contributed by atoms with Gasteiger partial charge in [-0.3, -0.25) is 9.59 Å². The molecular weight excluding hydrogens is 384 g/mol. The standard InChI is InChI=1S/C24H31ClN2O2/c1-4-6-15-26-24(29)22(5-2)27(17-19-11-13-21(25)14-12-19)23(28)16-20-10-8-7-9-18(20)3/h7-14,22H,4-6,15-17H2,1-3H3,(H,26,29)/t22-/m1/s1. The van der Waals surface area contributed by atoms with E-state index in [0.717, 1.165) is 29.5 Å². The fourth-order valence-corrected chi connectivity index (χ4v) is 3.41. The van der Waals surface area contributed by atoms with E-state index in [1.807, 2.05) is 62.4 Å². The molecule has 0 aromatic heterocycles. The zero-order chi connectivity index (χ0) is 21.2. The molecule has 1 N–H and O–H groups in total. The molecule has 0 aliphatic carbocycles. The molecule has 1 atom stereocenters. The Balaban J connectivity index is 2.25. The summed E-state index contributed by atoms with van der Waals surface area (Å²) < 4.78 is 0. The van der Waals surface area contributed by atoms with Gasteiger partial charge in [0.25, 0.3) is 0 Å². The minimum absolute atomic E-state index is 0.0493. The van der Waals surface area contributed by atoms with E-state index in [-0.39, 0.29) is 18.2 Å². The van der Waals surface area contributed by atoms with Gasteiger partial charge in [-0.05, 0) is 48.6 Å². The summed E-state index contributed by atoms with van der Waals surface area (Å²) in [6.45, 7) is 7.04. The first kappa shape index (κ1) is 23.0. The van der Waals surface area contributed by atoms with Crippen LogP contribution in [0.4, 0.5) is 0 Å². The Labute approximate surface area is 179 Å². The molecule has 0 fully saturated rings. The molecule has 0 heterocycles. The number of unbranched alkanes of at least 4 members (excludes halogenated alkanes) is 1. The first-order valence-electron chi connectivity index (χ1n) is 10.3. The molecular formula is C24H31ClN2O2. The van der Waals surface area contributed by atoms with Crippen molar-refractivity contribution < 1.29 is 9.59 Å². The molecule has 2 aromatic rings. The maximum atomic E-state index is 13.3. The van der Waals surface area contributed by atoms with Crippen molar-refractivity contribution in [2.45, 2.75) is 59.0 Å². The normalized spacial score (nSPS) is 11.7. The van der Waals surface area contributed by atoms with Crippen molar-refractivity contribution in [3.8, 4) is 0 Å². The predicted molar refractivity (Wildman–Crippen MR) is 119 cm³/mol. The molecule has 29 heavy (non-hydrogen) atoms. The van der Waals surface area contributed by atoms with Gasteiger partial charge in [0.15, 0.2) is 0 Å². The summed E-state index contributed by atoms with van der Waals surface area (Å²) in [5.74, 6) is -0.139. The van der Waals surface area contributed by atoms with Gasteiger partial charge in [0.1, 0.15) is 6.04 Å². The van der Waals surface area contributed by atoms with Crippen LogP contribution in [0.25, 0.3) is 0 Å². The zero-order valence-electron chi connectivity index (χ0n) is 17.6. The first-order valence-corrected chi connectivity index (χ1v) is 10.7. The van der Waals surface area contributed by atoms with E-state index in [9.17, 15) is 9.59 Å². The van der Waals surface area contributed by atoms with Crippen molar-refractivity contribution in [3.63, 3.8) is 0 Å². The summed E-state index contributed by atoms with van der Waals surface area (Å²) in [6, 6.07) is 14.8. The molecule has 0 unspecified atom stereocenters. The van der Waals surface area contributed by atoms with E-state index in [1.165, 1.54) is 0 Å². The van der Waals surface area contributed by atoms with Crippen LogP contribution >= 0.6 is 11.6 Å². The van der Waals surface area contributed by atoms with E-state index < -0.39 is 6.04 Å². The van der Waals surface area contributed by atoms with Crippen LogP contribution in [0.3, 0.4) is 0 Å². The van der Waals surface area contributed by atoms with Crippen LogP contribution in [0.15, 0.2) is 48.5 Å². The molecule has 0 saturated heterocycles. The third-order valence-corrected chi connectivity index (χ3v) is 5.34. The number of hydrogen-bond donors (Lipinski definition) is 1. The molecule has 156 valence electrons. The van der Waals surface area contributed by atoms with Crippen molar-refractivity contribution in [3.05, 3.63) is 70.2 Å². The Morgan fingerprint density at radius 3 is 2.38 bits per heavy atom. The van der Waals surface area contributed by atoms with Gasteiger partial charge in [0.2, 0.25) is 11.8 Å². The minimum atomic E-state index is -0.501. The number of nitrogens with zero attached hydrogens (tertiary/aromatic N) is 1. The van der Waals surface area contributed by atoms with Crippen LogP contribution in [-0.4, -0.2) is 29.3 Å². The average molecular weight is 415 g/mol. The van der Waals surface area contributed by atoms with Crippen LogP contribution in [0, 0.1) is 6.92 Å². The lowest BCUT2D eigenvalue weighted by Gasteiger charge is -2.31. The number of benzene rings is 2. The Bertz CT molecular complexity index is 805. The number of aryl methyl sites for hydroxylation is 1. The molecule has 2 rings (SSSR count). The van der Waals surface area contributed by atoms with Gasteiger partial charge in [0, 0.05) is 18.1 Å². The quantitative estimate of drug-likeness (QED) is 0.561. The second kappa shape index (κ2) is 11.6. The summed E-state index contributed by atoms with van der Waals surface area (Å²) in [7, 11) is 0. The van der Waals surface area contributed by atoms with Crippen LogP contribution in [0.5, 0.6) is 0 Å². The smallest absolute Gasteiger partial charge is 0.242 e. The SMILES string of the molecule is CCCCNC(=O)[C@@H](CC)N(Cc1ccc(Cl)cc1)C(=O)Cc1ccccc1C. The van der Waals surface area contributed by atoms with Gasteiger partial charge in [-0.15, -0.1) is 0 Å². The van der Waals surface area contributed by atoms with Crippen LogP contribution in [0.1, 0.15) is 49.8 Å². The highest BCUT2D eigenvalue weighted by molar-refractivity contribution is 6.30. The Hall–Kier alpha value is -2.33. The van der Waals surface area contributed by atoms with E-state index in [0.29, 0.717) is 24.5 Å². The number of halogens is 1. The van der Waals surface area contributed by atoms with E-state index in [1.54, 1.807) is 4.90 Å². The highest BCUT2D eigenvalue weighted by Crippen LogP contribution is 2.18. The van der Waals surface area contributed by atoms with E-state index in [4.69, 9.17) is 11.6 Å². The number of carbonyl (C=O) groups excluding carboxylic acids is 2. The van der Waals surface area contributed by atoms with Crippen molar-refractivity contribution in [2.75, 3.05) is 6.54 Å². The van der Waals surface area contributed by atoms with Crippen molar-refractivity contribution in [1.82, 2.24) is 10.2 Å². The molecule has 0 aliphatic rings. The topological polar surface area (TPSA) is 49.4 Å². The van der Waals surface area contributed by atoms with Gasteiger partial charge in [0.05, 0.1) is 6.42 Å². The van der Waals surface area contributed by atoms with Crippen LogP contribution < -0.4 is 5.32 Å². The van der Waals surface area contributed by atoms with E-state index >= 15 is 0 Å². The lowest BCUT2D eigenvalue weighted by molar-refractivity contribution is -0.140. The summed E-state index contributed by atoms with van der Waals surface area (Å²) in [5, 5.41) is 3.64. The van der Waals surface area contributed by atoms with E-state index in [2.05, 4.69) is 12.2 Å². The van der Waals surface area contributed by atoms with Gasteiger partial charge >= 0.3 is 0 Å². The maximum Gasteiger partial charge on any atom is 0.242 e. The van der Waals surface area contributed by atoms with Crippen molar-refractivity contribution >= 4 is 23.4 Å². The fraction of sp³-hybridized carbons (Fsp3) is 0.417. The lowest BCUT2D eigenvalue weighted by atomic mass is 10.0. The van der Waals surface area contributed by atoms with Crippen molar-refractivity contribution in [2.24, 2.45) is 0 Å². The molecule has 0 radical (unpaired) electrons. The molecule has 4 nitrogen and oxygen atoms in total. The average Bonchev–Trinajstić information content (AvgIpc) is 2.71. The third-order valence-electron chi connectivity index (χ3n) is 5.08.